The molecule has 1 N–H and O–H groups in total. The third-order valence-corrected chi connectivity index (χ3v) is 7.23. The van der Waals surface area contributed by atoms with Crippen LogP contribution in [0.1, 0.15) is 50.4 Å². The number of sulfonamides is 1. The van der Waals surface area contributed by atoms with Crippen LogP contribution in [0.25, 0.3) is 0 Å². The van der Waals surface area contributed by atoms with Crippen LogP contribution in [-0.2, 0) is 10.0 Å². The first kappa shape index (κ1) is 17.4. The van der Waals surface area contributed by atoms with E-state index in [-0.39, 0.29) is 27.7 Å². The molecular formula is C18H26N2O3S. The summed E-state index contributed by atoms with van der Waals surface area (Å²) in [5.41, 5.74) is 0.691. The molecule has 1 aromatic rings. The maximum absolute atomic E-state index is 13.1. The number of benzene rings is 1. The van der Waals surface area contributed by atoms with Crippen molar-refractivity contribution in [3.63, 3.8) is 0 Å². The Bertz CT molecular complexity index is 755. The highest BCUT2D eigenvalue weighted by Crippen LogP contribution is 2.53. The predicted molar refractivity (Wildman–Crippen MR) is 93.3 cm³/mol. The van der Waals surface area contributed by atoms with Crippen molar-refractivity contribution in [1.82, 2.24) is 9.62 Å². The molecule has 1 aliphatic heterocycles. The highest BCUT2D eigenvalue weighted by Gasteiger charge is 2.53. The van der Waals surface area contributed by atoms with Crippen molar-refractivity contribution in [2.24, 2.45) is 10.8 Å². The van der Waals surface area contributed by atoms with E-state index in [0.29, 0.717) is 12.1 Å². The molecule has 132 valence electrons. The highest BCUT2D eigenvalue weighted by molar-refractivity contribution is 7.89. The van der Waals surface area contributed by atoms with Crippen molar-refractivity contribution in [2.75, 3.05) is 13.6 Å². The lowest BCUT2D eigenvalue weighted by Crippen LogP contribution is -2.37. The Balaban J connectivity index is 1.90. The molecule has 0 radical (unpaired) electrons. The lowest BCUT2D eigenvalue weighted by atomic mass is 9.65. The smallest absolute Gasteiger partial charge is 0.251 e. The van der Waals surface area contributed by atoms with Gasteiger partial charge in [-0.15, -0.1) is 0 Å². The van der Waals surface area contributed by atoms with Gasteiger partial charge in [-0.25, -0.2) is 8.42 Å². The Morgan fingerprint density at radius 3 is 2.38 bits per heavy atom. The molecule has 2 atom stereocenters. The van der Waals surface area contributed by atoms with E-state index in [4.69, 9.17) is 0 Å². The molecule has 0 unspecified atom stereocenters. The van der Waals surface area contributed by atoms with E-state index in [9.17, 15) is 13.2 Å². The zero-order valence-corrected chi connectivity index (χ0v) is 15.6. The van der Waals surface area contributed by atoms with Gasteiger partial charge in [-0.3, -0.25) is 4.79 Å². The number of hydrogen-bond donors (Lipinski definition) is 1. The van der Waals surface area contributed by atoms with Gasteiger partial charge in [0, 0.05) is 25.2 Å². The standard InChI is InChI=1S/C18H26N2O3S/c1-17(2)9-14-10-18(3,11-17)12-20(14)24(22,23)15-7-5-13(6-8-15)16(21)19-4/h5-8,14H,9-12H2,1-4H3,(H,19,21)/t14-,18-/m1/s1. The third kappa shape index (κ3) is 2.97. The van der Waals surface area contributed by atoms with Crippen LogP contribution in [0.5, 0.6) is 0 Å². The molecule has 2 bridgehead atoms. The van der Waals surface area contributed by atoms with Crippen LogP contribution in [0.3, 0.4) is 0 Å². The quantitative estimate of drug-likeness (QED) is 0.911. The van der Waals surface area contributed by atoms with Crippen molar-refractivity contribution < 1.29 is 13.2 Å². The van der Waals surface area contributed by atoms with E-state index in [1.807, 2.05) is 0 Å². The van der Waals surface area contributed by atoms with Crippen LogP contribution in [0.4, 0.5) is 0 Å². The van der Waals surface area contributed by atoms with Gasteiger partial charge in [-0.2, -0.15) is 4.31 Å². The van der Waals surface area contributed by atoms with E-state index in [1.54, 1.807) is 23.5 Å². The lowest BCUT2D eigenvalue weighted by molar-refractivity contribution is 0.0963. The molecule has 1 aromatic carbocycles. The summed E-state index contributed by atoms with van der Waals surface area (Å²) in [5, 5.41) is 2.54. The number of carbonyl (C=O) groups excluding carboxylic acids is 1. The van der Waals surface area contributed by atoms with Crippen LogP contribution in [0.2, 0.25) is 0 Å². The van der Waals surface area contributed by atoms with Gasteiger partial charge in [-0.1, -0.05) is 20.8 Å². The van der Waals surface area contributed by atoms with Gasteiger partial charge in [0.15, 0.2) is 0 Å². The first-order valence-electron chi connectivity index (χ1n) is 8.40. The minimum Gasteiger partial charge on any atom is -0.355 e. The van der Waals surface area contributed by atoms with Gasteiger partial charge in [0.2, 0.25) is 10.0 Å². The number of nitrogens with zero attached hydrogens (tertiary/aromatic N) is 1. The zero-order valence-electron chi connectivity index (χ0n) is 14.8. The normalized spacial score (nSPS) is 29.4. The minimum absolute atomic E-state index is 0.0571. The molecule has 0 aromatic heterocycles. The van der Waals surface area contributed by atoms with Crippen molar-refractivity contribution in [3.05, 3.63) is 29.8 Å². The number of fused-ring (bicyclic) bond motifs is 2. The fraction of sp³-hybridized carbons (Fsp3) is 0.611. The molecule has 2 aliphatic rings. The molecule has 0 spiro atoms. The van der Waals surface area contributed by atoms with Crippen LogP contribution < -0.4 is 5.32 Å². The van der Waals surface area contributed by atoms with Gasteiger partial charge in [0.25, 0.3) is 5.91 Å². The van der Waals surface area contributed by atoms with Gasteiger partial charge in [0.1, 0.15) is 0 Å². The summed E-state index contributed by atoms with van der Waals surface area (Å²) in [6, 6.07) is 6.28. The number of nitrogens with one attached hydrogen (secondary N) is 1. The summed E-state index contributed by atoms with van der Waals surface area (Å²) < 4.78 is 27.9. The number of rotatable bonds is 3. The largest absolute Gasteiger partial charge is 0.355 e. The van der Waals surface area contributed by atoms with E-state index in [0.717, 1.165) is 19.3 Å². The SMILES string of the molecule is CNC(=O)c1ccc(S(=O)(=O)N2C[C@]3(C)C[C@H]2CC(C)(C)C3)cc1. The lowest BCUT2D eigenvalue weighted by Gasteiger charge is -2.39. The summed E-state index contributed by atoms with van der Waals surface area (Å²) in [6.07, 6.45) is 2.89. The first-order valence-corrected chi connectivity index (χ1v) is 9.84. The van der Waals surface area contributed by atoms with Crippen molar-refractivity contribution in [3.8, 4) is 0 Å². The second-order valence-corrected chi connectivity index (χ2v) is 10.3. The van der Waals surface area contributed by atoms with Crippen molar-refractivity contribution in [2.45, 2.75) is 51.0 Å². The Labute approximate surface area is 144 Å². The van der Waals surface area contributed by atoms with Crippen LogP contribution >= 0.6 is 0 Å². The molecular weight excluding hydrogens is 324 g/mol. The molecule has 5 nitrogen and oxygen atoms in total. The van der Waals surface area contributed by atoms with E-state index >= 15 is 0 Å². The molecule has 24 heavy (non-hydrogen) atoms. The highest BCUT2D eigenvalue weighted by atomic mass is 32.2. The Morgan fingerprint density at radius 1 is 1.17 bits per heavy atom. The van der Waals surface area contributed by atoms with Crippen molar-refractivity contribution in [1.29, 1.82) is 0 Å². The summed E-state index contributed by atoms with van der Waals surface area (Å²) in [6.45, 7) is 7.24. The molecule has 1 saturated heterocycles. The molecule has 1 aliphatic carbocycles. The molecule has 1 amide bonds. The summed E-state index contributed by atoms with van der Waals surface area (Å²) in [4.78, 5) is 11.9. The number of amides is 1. The van der Waals surface area contributed by atoms with Gasteiger partial charge in [0.05, 0.1) is 4.90 Å². The molecule has 1 saturated carbocycles. The average Bonchev–Trinajstić information content (AvgIpc) is 2.76. The van der Waals surface area contributed by atoms with Crippen LogP contribution in [0.15, 0.2) is 29.2 Å². The van der Waals surface area contributed by atoms with E-state index in [2.05, 4.69) is 26.1 Å². The predicted octanol–water partition coefficient (Wildman–Crippen LogP) is 2.64. The van der Waals surface area contributed by atoms with E-state index < -0.39 is 10.0 Å². The molecule has 3 rings (SSSR count). The Morgan fingerprint density at radius 2 is 1.79 bits per heavy atom. The Kier molecular flexibility index (Phi) is 4.04. The fourth-order valence-corrected chi connectivity index (χ4v) is 6.52. The average molecular weight is 350 g/mol. The zero-order chi connectivity index (χ0) is 17.8. The first-order chi connectivity index (χ1) is 11.1. The second-order valence-electron chi connectivity index (χ2n) is 8.37. The summed E-state index contributed by atoms with van der Waals surface area (Å²) >= 11 is 0. The van der Waals surface area contributed by atoms with Crippen molar-refractivity contribution >= 4 is 15.9 Å². The summed E-state index contributed by atoms with van der Waals surface area (Å²) in [5.74, 6) is -0.217. The maximum Gasteiger partial charge on any atom is 0.251 e. The molecule has 6 heteroatoms. The van der Waals surface area contributed by atoms with Gasteiger partial charge in [-0.05, 0) is 54.4 Å². The maximum atomic E-state index is 13.1. The monoisotopic (exact) mass is 350 g/mol. The van der Waals surface area contributed by atoms with Crippen LogP contribution in [-0.4, -0.2) is 38.3 Å². The van der Waals surface area contributed by atoms with E-state index in [1.165, 1.54) is 12.1 Å². The second kappa shape index (κ2) is 5.56. The summed E-state index contributed by atoms with van der Waals surface area (Å²) in [7, 11) is -1.97. The molecule has 1 heterocycles. The minimum atomic E-state index is -3.53. The number of carbonyl (C=O) groups is 1. The van der Waals surface area contributed by atoms with Gasteiger partial charge < -0.3 is 5.32 Å². The molecule has 2 fully saturated rings. The fourth-order valence-electron chi connectivity index (χ4n) is 4.75. The third-order valence-electron chi connectivity index (χ3n) is 5.32. The van der Waals surface area contributed by atoms with Crippen LogP contribution in [0, 0.1) is 10.8 Å². The topological polar surface area (TPSA) is 66.5 Å². The van der Waals surface area contributed by atoms with Gasteiger partial charge >= 0.3 is 0 Å². The Hall–Kier alpha value is -1.40. The number of hydrogen-bond acceptors (Lipinski definition) is 3.